The van der Waals surface area contributed by atoms with Gasteiger partial charge in [-0.2, -0.15) is 0 Å². The van der Waals surface area contributed by atoms with Gasteiger partial charge >= 0.3 is 11.4 Å². The molecule has 2 aromatic rings. The number of rotatable bonds is 5. The molecule has 0 amide bonds. The molecule has 2 rings (SSSR count). The molecule has 0 saturated carbocycles. The molecular formula is C10H7ClN4O4S. The summed E-state index contributed by atoms with van der Waals surface area (Å²) in [6, 6.07) is 3.63. The molecule has 20 heavy (non-hydrogen) atoms. The Morgan fingerprint density at radius 2 is 1.95 bits per heavy atom. The molecule has 104 valence electrons. The van der Waals surface area contributed by atoms with Crippen molar-refractivity contribution in [3.63, 3.8) is 0 Å². The number of thiazole rings is 1. The minimum absolute atomic E-state index is 0.374. The largest absolute Gasteiger partial charge is 0.380 e. The molecule has 0 aliphatic carbocycles. The van der Waals surface area contributed by atoms with Crippen molar-refractivity contribution < 1.29 is 9.85 Å². The van der Waals surface area contributed by atoms with Crippen molar-refractivity contribution in [2.75, 3.05) is 5.32 Å². The minimum atomic E-state index is -0.787. The SMILES string of the molecule is O=[N+]([O-])c1ccc(NCc2cnc(Cl)s2)cc1[N+](=O)[O-]. The Bertz CT molecular complexity index is 675. The lowest BCUT2D eigenvalue weighted by Gasteiger charge is -2.04. The number of halogens is 1. The fraction of sp³-hybridized carbons (Fsp3) is 0.100. The fourth-order valence-electron chi connectivity index (χ4n) is 1.49. The van der Waals surface area contributed by atoms with E-state index in [9.17, 15) is 20.2 Å². The molecule has 1 heterocycles. The highest BCUT2D eigenvalue weighted by molar-refractivity contribution is 7.15. The topological polar surface area (TPSA) is 111 Å². The molecule has 1 aromatic carbocycles. The third kappa shape index (κ3) is 3.19. The molecule has 0 bridgehead atoms. The number of nitrogens with zero attached hydrogens (tertiary/aromatic N) is 3. The van der Waals surface area contributed by atoms with Gasteiger partial charge in [-0.05, 0) is 6.07 Å². The first kappa shape index (κ1) is 14.2. The van der Waals surface area contributed by atoms with Crippen LogP contribution in [0, 0.1) is 20.2 Å². The predicted molar refractivity (Wildman–Crippen MR) is 74.2 cm³/mol. The summed E-state index contributed by atoms with van der Waals surface area (Å²) in [6.07, 6.45) is 1.58. The smallest absolute Gasteiger partial charge is 0.348 e. The lowest BCUT2D eigenvalue weighted by Crippen LogP contribution is -2.01. The molecule has 0 atom stereocenters. The molecule has 0 aliphatic rings. The standard InChI is InChI=1S/C10H7ClN4O4S/c11-10-13-5-7(20-10)4-12-6-1-2-8(14(16)17)9(3-6)15(18)19/h1-3,5,12H,4H2. The Kier molecular flexibility index (Phi) is 4.11. The van der Waals surface area contributed by atoms with E-state index in [0.717, 1.165) is 17.0 Å². The van der Waals surface area contributed by atoms with Crippen LogP contribution in [-0.2, 0) is 6.54 Å². The average molecular weight is 315 g/mol. The van der Waals surface area contributed by atoms with Crippen molar-refractivity contribution in [3.8, 4) is 0 Å². The van der Waals surface area contributed by atoms with Crippen LogP contribution in [0.15, 0.2) is 24.4 Å². The van der Waals surface area contributed by atoms with Gasteiger partial charge in [0.15, 0.2) is 4.47 Å². The maximum absolute atomic E-state index is 10.8. The van der Waals surface area contributed by atoms with Crippen LogP contribution in [0.2, 0.25) is 4.47 Å². The van der Waals surface area contributed by atoms with Crippen molar-refractivity contribution in [3.05, 3.63) is 54.0 Å². The normalized spacial score (nSPS) is 10.2. The lowest BCUT2D eigenvalue weighted by atomic mass is 10.2. The summed E-state index contributed by atoms with van der Waals surface area (Å²) in [5.74, 6) is 0. The molecule has 0 spiro atoms. The van der Waals surface area contributed by atoms with Gasteiger partial charge in [0.05, 0.1) is 16.4 Å². The van der Waals surface area contributed by atoms with Crippen LogP contribution in [0.4, 0.5) is 17.1 Å². The van der Waals surface area contributed by atoms with Gasteiger partial charge in [0.1, 0.15) is 0 Å². The Labute approximate surface area is 121 Å². The fourth-order valence-corrected chi connectivity index (χ4v) is 2.41. The first-order valence-electron chi connectivity index (χ1n) is 5.24. The molecule has 1 N–H and O–H groups in total. The van der Waals surface area contributed by atoms with E-state index >= 15 is 0 Å². The highest BCUT2D eigenvalue weighted by Crippen LogP contribution is 2.30. The summed E-state index contributed by atoms with van der Waals surface area (Å²) in [5, 5.41) is 24.4. The first-order valence-corrected chi connectivity index (χ1v) is 6.43. The quantitative estimate of drug-likeness (QED) is 0.670. The first-order chi connectivity index (χ1) is 9.47. The molecule has 0 aliphatic heterocycles. The number of nitrogens with one attached hydrogen (secondary N) is 1. The Balaban J connectivity index is 2.18. The molecule has 1 aromatic heterocycles. The van der Waals surface area contributed by atoms with Crippen molar-refractivity contribution in [1.82, 2.24) is 4.98 Å². The minimum Gasteiger partial charge on any atom is -0.380 e. The lowest BCUT2D eigenvalue weighted by molar-refractivity contribution is -0.422. The van der Waals surface area contributed by atoms with Gasteiger partial charge in [0.2, 0.25) is 0 Å². The summed E-state index contributed by atoms with van der Waals surface area (Å²) in [6.45, 7) is 0.374. The zero-order valence-corrected chi connectivity index (χ0v) is 11.3. The maximum atomic E-state index is 10.8. The number of hydrogen-bond donors (Lipinski definition) is 1. The van der Waals surface area contributed by atoms with E-state index in [0.29, 0.717) is 16.7 Å². The molecule has 10 heteroatoms. The summed E-state index contributed by atoms with van der Waals surface area (Å²) in [7, 11) is 0. The summed E-state index contributed by atoms with van der Waals surface area (Å²) in [4.78, 5) is 24.6. The number of nitro groups is 2. The van der Waals surface area contributed by atoms with Gasteiger partial charge in [0, 0.05) is 28.9 Å². The zero-order valence-electron chi connectivity index (χ0n) is 9.78. The molecule has 0 unspecified atom stereocenters. The van der Waals surface area contributed by atoms with Crippen molar-refractivity contribution in [1.29, 1.82) is 0 Å². The van der Waals surface area contributed by atoms with E-state index in [1.165, 1.54) is 17.4 Å². The third-order valence-electron chi connectivity index (χ3n) is 2.36. The van der Waals surface area contributed by atoms with Crippen LogP contribution in [-0.4, -0.2) is 14.8 Å². The molecule has 0 radical (unpaired) electrons. The van der Waals surface area contributed by atoms with E-state index in [1.54, 1.807) is 6.20 Å². The number of anilines is 1. The Morgan fingerprint density at radius 3 is 2.50 bits per heavy atom. The van der Waals surface area contributed by atoms with Crippen LogP contribution in [0.5, 0.6) is 0 Å². The number of benzene rings is 1. The molecular weight excluding hydrogens is 308 g/mol. The van der Waals surface area contributed by atoms with Crippen LogP contribution >= 0.6 is 22.9 Å². The number of hydrogen-bond acceptors (Lipinski definition) is 7. The van der Waals surface area contributed by atoms with Crippen LogP contribution in [0.25, 0.3) is 0 Å². The van der Waals surface area contributed by atoms with Gasteiger partial charge in [-0.25, -0.2) is 4.98 Å². The van der Waals surface area contributed by atoms with Gasteiger partial charge < -0.3 is 5.32 Å². The number of nitro benzene ring substituents is 2. The van der Waals surface area contributed by atoms with Crippen LogP contribution < -0.4 is 5.32 Å². The van der Waals surface area contributed by atoms with Gasteiger partial charge in [-0.3, -0.25) is 20.2 Å². The number of aromatic nitrogens is 1. The van der Waals surface area contributed by atoms with Crippen molar-refractivity contribution >= 4 is 40.0 Å². The van der Waals surface area contributed by atoms with Gasteiger partial charge in [-0.15, -0.1) is 11.3 Å². The van der Waals surface area contributed by atoms with Crippen molar-refractivity contribution in [2.24, 2.45) is 0 Å². The third-order valence-corrected chi connectivity index (χ3v) is 3.48. The monoisotopic (exact) mass is 314 g/mol. The summed E-state index contributed by atoms with van der Waals surface area (Å²) < 4.78 is 0.400. The Hall–Kier alpha value is -2.26. The average Bonchev–Trinajstić information content (AvgIpc) is 2.81. The predicted octanol–water partition coefficient (Wildman–Crippen LogP) is 3.23. The molecule has 0 fully saturated rings. The second-order valence-corrected chi connectivity index (χ2v) is 5.35. The maximum Gasteiger partial charge on any atom is 0.348 e. The zero-order chi connectivity index (χ0) is 14.7. The summed E-state index contributed by atoms with van der Waals surface area (Å²) in [5.41, 5.74) is -0.685. The second-order valence-electron chi connectivity index (χ2n) is 3.65. The van der Waals surface area contributed by atoms with Crippen LogP contribution in [0.1, 0.15) is 4.88 Å². The highest BCUT2D eigenvalue weighted by Gasteiger charge is 2.23. The van der Waals surface area contributed by atoms with E-state index in [-0.39, 0.29) is 0 Å². The second kappa shape index (κ2) is 5.80. The van der Waals surface area contributed by atoms with E-state index in [2.05, 4.69) is 10.3 Å². The van der Waals surface area contributed by atoms with Crippen molar-refractivity contribution in [2.45, 2.75) is 6.54 Å². The highest BCUT2D eigenvalue weighted by atomic mass is 35.5. The van der Waals surface area contributed by atoms with E-state index in [4.69, 9.17) is 11.6 Å². The molecule has 8 nitrogen and oxygen atoms in total. The van der Waals surface area contributed by atoms with Crippen LogP contribution in [0.3, 0.4) is 0 Å². The summed E-state index contributed by atoms with van der Waals surface area (Å²) >= 11 is 6.96. The molecule has 0 saturated heterocycles. The van der Waals surface area contributed by atoms with Gasteiger partial charge in [0.25, 0.3) is 0 Å². The Morgan fingerprint density at radius 1 is 1.25 bits per heavy atom. The van der Waals surface area contributed by atoms with E-state index in [1.807, 2.05) is 0 Å². The van der Waals surface area contributed by atoms with E-state index < -0.39 is 21.2 Å². The van der Waals surface area contributed by atoms with Gasteiger partial charge in [-0.1, -0.05) is 11.6 Å².